The maximum absolute atomic E-state index is 12.1. The van der Waals surface area contributed by atoms with E-state index in [1.165, 1.54) is 12.8 Å². The lowest BCUT2D eigenvalue weighted by molar-refractivity contribution is -0.119. The summed E-state index contributed by atoms with van der Waals surface area (Å²) in [6.45, 7) is 2.19. The van der Waals surface area contributed by atoms with Crippen molar-refractivity contribution in [3.8, 4) is 0 Å². The van der Waals surface area contributed by atoms with Gasteiger partial charge >= 0.3 is 0 Å². The summed E-state index contributed by atoms with van der Waals surface area (Å²) in [6.07, 6.45) is 5.82. The summed E-state index contributed by atoms with van der Waals surface area (Å²) >= 11 is 5.15. The van der Waals surface area contributed by atoms with Crippen LogP contribution in [0.2, 0.25) is 0 Å². The van der Waals surface area contributed by atoms with Gasteiger partial charge in [0.2, 0.25) is 5.91 Å². The summed E-state index contributed by atoms with van der Waals surface area (Å²) in [5.41, 5.74) is 0.901. The summed E-state index contributed by atoms with van der Waals surface area (Å²) in [4.78, 5) is 24.0. The van der Waals surface area contributed by atoms with Gasteiger partial charge in [0.1, 0.15) is 0 Å². The first kappa shape index (κ1) is 21.1. The van der Waals surface area contributed by atoms with Gasteiger partial charge in [-0.25, -0.2) is 0 Å². The molecule has 2 amide bonds. The van der Waals surface area contributed by atoms with E-state index in [9.17, 15) is 9.59 Å². The Hall–Kier alpha value is -1.99. The fourth-order valence-corrected chi connectivity index (χ4v) is 2.51. The van der Waals surface area contributed by atoms with Gasteiger partial charge in [-0.1, -0.05) is 44.7 Å². The van der Waals surface area contributed by atoms with Crippen LogP contribution in [0.15, 0.2) is 24.3 Å². The predicted molar refractivity (Wildman–Crippen MR) is 104 cm³/mol. The molecule has 0 heterocycles. The molecule has 0 aliphatic rings. The van der Waals surface area contributed by atoms with Crippen molar-refractivity contribution in [2.75, 3.05) is 18.5 Å². The first-order chi connectivity index (χ1) is 12.1. The molecule has 0 atom stereocenters. The third-order valence-corrected chi connectivity index (χ3v) is 3.78. The minimum absolute atomic E-state index is 0.129. The van der Waals surface area contributed by atoms with Gasteiger partial charge in [0.25, 0.3) is 5.91 Å². The van der Waals surface area contributed by atoms with Gasteiger partial charge in [-0.3, -0.25) is 9.59 Å². The molecule has 0 fully saturated rings. The number of aliphatic hydroxyl groups is 1. The largest absolute Gasteiger partial charge is 0.395 e. The Balaban J connectivity index is 2.48. The Morgan fingerprint density at radius 2 is 1.84 bits per heavy atom. The Kier molecular flexibility index (Phi) is 10.4. The fraction of sp³-hybridized carbons (Fsp3) is 0.500. The quantitative estimate of drug-likeness (QED) is 0.378. The van der Waals surface area contributed by atoms with Crippen molar-refractivity contribution < 1.29 is 14.7 Å². The second-order valence-electron chi connectivity index (χ2n) is 5.69. The molecule has 0 unspecified atom stereocenters. The molecule has 0 aliphatic carbocycles. The average Bonchev–Trinajstić information content (AvgIpc) is 2.59. The van der Waals surface area contributed by atoms with Gasteiger partial charge in [0.15, 0.2) is 5.11 Å². The minimum Gasteiger partial charge on any atom is -0.395 e. The average molecular weight is 365 g/mol. The first-order valence-electron chi connectivity index (χ1n) is 8.67. The van der Waals surface area contributed by atoms with Crippen molar-refractivity contribution in [1.82, 2.24) is 10.6 Å². The Morgan fingerprint density at radius 3 is 2.56 bits per heavy atom. The molecule has 138 valence electrons. The second kappa shape index (κ2) is 12.4. The maximum Gasteiger partial charge on any atom is 0.253 e. The maximum atomic E-state index is 12.1. The highest BCUT2D eigenvalue weighted by Crippen LogP contribution is 2.14. The Bertz CT molecular complexity index is 578. The van der Waals surface area contributed by atoms with Crippen molar-refractivity contribution in [1.29, 1.82) is 0 Å². The van der Waals surface area contributed by atoms with Crippen molar-refractivity contribution in [2.24, 2.45) is 0 Å². The highest BCUT2D eigenvalue weighted by Gasteiger charge is 2.12. The van der Waals surface area contributed by atoms with E-state index in [0.29, 0.717) is 17.7 Å². The number of carbonyl (C=O) groups is 2. The van der Waals surface area contributed by atoms with Crippen molar-refractivity contribution in [3.05, 3.63) is 29.8 Å². The van der Waals surface area contributed by atoms with E-state index in [2.05, 4.69) is 22.9 Å². The van der Waals surface area contributed by atoms with E-state index in [-0.39, 0.29) is 30.1 Å². The van der Waals surface area contributed by atoms with Crippen molar-refractivity contribution in [2.45, 2.75) is 45.4 Å². The number of thiocarbonyl (C=S) groups is 1. The van der Waals surface area contributed by atoms with Crippen LogP contribution >= 0.6 is 12.2 Å². The van der Waals surface area contributed by atoms with E-state index in [1.54, 1.807) is 24.3 Å². The molecule has 25 heavy (non-hydrogen) atoms. The Morgan fingerprint density at radius 1 is 1.12 bits per heavy atom. The zero-order chi connectivity index (χ0) is 18.5. The monoisotopic (exact) mass is 365 g/mol. The van der Waals surface area contributed by atoms with Gasteiger partial charge in [-0.05, 0) is 30.8 Å². The molecule has 0 saturated carbocycles. The number of hydrogen-bond donors (Lipinski definition) is 4. The SMILES string of the molecule is CCCCCCCC(=O)NC(=S)Nc1ccccc1C(=O)NCCO. The topological polar surface area (TPSA) is 90.5 Å². The van der Waals surface area contributed by atoms with Crippen LogP contribution in [-0.4, -0.2) is 35.2 Å². The van der Waals surface area contributed by atoms with Crippen LogP contribution in [-0.2, 0) is 4.79 Å². The Labute approximate surface area is 154 Å². The minimum atomic E-state index is -0.317. The molecular formula is C18H27N3O3S. The van der Waals surface area contributed by atoms with Crippen LogP contribution < -0.4 is 16.0 Å². The second-order valence-corrected chi connectivity index (χ2v) is 6.10. The van der Waals surface area contributed by atoms with Gasteiger partial charge in [0.05, 0.1) is 17.9 Å². The summed E-state index contributed by atoms with van der Waals surface area (Å²) in [5, 5.41) is 17.1. The number of carbonyl (C=O) groups excluding carboxylic acids is 2. The lowest BCUT2D eigenvalue weighted by Gasteiger charge is -2.13. The van der Waals surface area contributed by atoms with E-state index in [4.69, 9.17) is 17.3 Å². The lowest BCUT2D eigenvalue weighted by atomic mass is 10.1. The van der Waals surface area contributed by atoms with E-state index in [0.717, 1.165) is 19.3 Å². The smallest absolute Gasteiger partial charge is 0.253 e. The van der Waals surface area contributed by atoms with Crippen LogP contribution in [0.5, 0.6) is 0 Å². The third-order valence-electron chi connectivity index (χ3n) is 3.58. The number of anilines is 1. The molecule has 0 aliphatic heterocycles. The molecule has 1 aromatic carbocycles. The van der Waals surface area contributed by atoms with Crippen LogP contribution in [0.3, 0.4) is 0 Å². The summed E-state index contributed by atoms with van der Waals surface area (Å²) in [7, 11) is 0. The highest BCUT2D eigenvalue weighted by atomic mass is 32.1. The number of aliphatic hydroxyl groups excluding tert-OH is 1. The number of hydrogen-bond acceptors (Lipinski definition) is 4. The highest BCUT2D eigenvalue weighted by molar-refractivity contribution is 7.80. The molecule has 0 aromatic heterocycles. The van der Waals surface area contributed by atoms with E-state index < -0.39 is 0 Å². The first-order valence-corrected chi connectivity index (χ1v) is 9.08. The molecule has 4 N–H and O–H groups in total. The zero-order valence-electron chi connectivity index (χ0n) is 14.6. The number of nitrogens with one attached hydrogen (secondary N) is 3. The number of amides is 2. The molecule has 0 saturated heterocycles. The third kappa shape index (κ3) is 8.60. The van der Waals surface area contributed by atoms with Crippen LogP contribution in [0.25, 0.3) is 0 Å². The molecule has 0 radical (unpaired) electrons. The van der Waals surface area contributed by atoms with E-state index in [1.807, 2.05) is 0 Å². The standard InChI is InChI=1S/C18H27N3O3S/c1-2-3-4-5-6-11-16(23)21-18(25)20-15-10-8-7-9-14(15)17(24)19-12-13-22/h7-10,22H,2-6,11-13H2,1H3,(H,19,24)(H2,20,21,23,25). The molecule has 1 aromatic rings. The van der Waals surface area contributed by atoms with Gasteiger partial charge in [-0.15, -0.1) is 0 Å². The summed E-state index contributed by atoms with van der Waals surface area (Å²) in [5.74, 6) is -0.446. The number of rotatable bonds is 10. The van der Waals surface area contributed by atoms with Crippen LogP contribution in [0.1, 0.15) is 55.8 Å². The predicted octanol–water partition coefficient (Wildman–Crippen LogP) is 2.58. The summed E-state index contributed by atoms with van der Waals surface area (Å²) in [6, 6.07) is 6.85. The van der Waals surface area contributed by atoms with Gasteiger partial charge in [-0.2, -0.15) is 0 Å². The number of para-hydroxylation sites is 1. The molecular weight excluding hydrogens is 338 g/mol. The fourth-order valence-electron chi connectivity index (χ4n) is 2.29. The molecule has 6 nitrogen and oxygen atoms in total. The van der Waals surface area contributed by atoms with Gasteiger partial charge < -0.3 is 21.1 Å². The normalized spacial score (nSPS) is 10.2. The molecule has 0 spiro atoms. The number of unbranched alkanes of at least 4 members (excludes halogenated alkanes) is 4. The van der Waals surface area contributed by atoms with Crippen molar-refractivity contribution >= 4 is 34.8 Å². The molecule has 0 bridgehead atoms. The molecule has 1 rings (SSSR count). The van der Waals surface area contributed by atoms with Crippen LogP contribution in [0, 0.1) is 0 Å². The summed E-state index contributed by atoms with van der Waals surface area (Å²) < 4.78 is 0. The number of benzene rings is 1. The lowest BCUT2D eigenvalue weighted by Crippen LogP contribution is -2.35. The van der Waals surface area contributed by atoms with E-state index >= 15 is 0 Å². The molecule has 7 heteroatoms. The van der Waals surface area contributed by atoms with Crippen LogP contribution in [0.4, 0.5) is 5.69 Å². The zero-order valence-corrected chi connectivity index (χ0v) is 15.5. The van der Waals surface area contributed by atoms with Gasteiger partial charge in [0, 0.05) is 13.0 Å². The van der Waals surface area contributed by atoms with Crippen molar-refractivity contribution in [3.63, 3.8) is 0 Å².